The Morgan fingerprint density at radius 1 is 1.24 bits per heavy atom. The summed E-state index contributed by atoms with van der Waals surface area (Å²) < 4.78 is 21.5. The molecular formula is C24H29FN6O2. The maximum atomic E-state index is 15.6. The highest BCUT2D eigenvalue weighted by molar-refractivity contribution is 5.85. The van der Waals surface area contributed by atoms with Gasteiger partial charge in [-0.25, -0.2) is 14.4 Å². The number of carbonyl (C=O) groups excluding carboxylic acids is 1. The van der Waals surface area contributed by atoms with Crippen molar-refractivity contribution >= 4 is 11.7 Å². The van der Waals surface area contributed by atoms with Crippen LogP contribution in [0.4, 0.5) is 10.2 Å². The zero-order valence-electron chi connectivity index (χ0n) is 18.8. The van der Waals surface area contributed by atoms with E-state index in [1.54, 1.807) is 23.2 Å². The lowest BCUT2D eigenvalue weighted by atomic mass is 9.90. The van der Waals surface area contributed by atoms with Crippen LogP contribution in [-0.4, -0.2) is 70.7 Å². The van der Waals surface area contributed by atoms with Crippen LogP contribution in [0.2, 0.25) is 0 Å². The third-order valence-corrected chi connectivity index (χ3v) is 6.40. The number of rotatable bonds is 6. The van der Waals surface area contributed by atoms with Crippen molar-refractivity contribution in [1.82, 2.24) is 19.8 Å². The molecule has 1 amide bonds. The molecule has 1 N–H and O–H groups in total. The molecule has 2 aliphatic rings. The average Bonchev–Trinajstić information content (AvgIpc) is 2.86. The molecule has 0 atom stereocenters. The van der Waals surface area contributed by atoms with Crippen LogP contribution in [0.15, 0.2) is 36.7 Å². The highest BCUT2D eigenvalue weighted by Gasteiger charge is 2.44. The second kappa shape index (κ2) is 10.1. The van der Waals surface area contributed by atoms with Gasteiger partial charge in [-0.15, -0.1) is 0 Å². The van der Waals surface area contributed by atoms with Gasteiger partial charge in [0.1, 0.15) is 18.0 Å². The van der Waals surface area contributed by atoms with Crippen LogP contribution in [0.1, 0.15) is 36.8 Å². The fraction of sp³-hybridized carbons (Fsp3) is 0.500. The van der Waals surface area contributed by atoms with Crippen molar-refractivity contribution in [3.63, 3.8) is 0 Å². The minimum absolute atomic E-state index is 0.0743. The molecule has 2 aliphatic heterocycles. The van der Waals surface area contributed by atoms with Crippen molar-refractivity contribution in [3.05, 3.63) is 47.8 Å². The number of hydrogen-bond acceptors (Lipinski definition) is 7. The van der Waals surface area contributed by atoms with Crippen LogP contribution in [0.5, 0.6) is 5.88 Å². The van der Waals surface area contributed by atoms with Crippen molar-refractivity contribution in [3.8, 4) is 11.9 Å². The molecule has 2 saturated heterocycles. The minimum Gasteiger partial charge on any atom is -0.474 e. The second-order valence-corrected chi connectivity index (χ2v) is 8.65. The van der Waals surface area contributed by atoms with Crippen LogP contribution in [-0.2, 0) is 11.3 Å². The number of hydrogen-bond donors (Lipinski definition) is 1. The number of aromatic nitrogens is 2. The van der Waals surface area contributed by atoms with Gasteiger partial charge in [0.2, 0.25) is 5.88 Å². The lowest BCUT2D eigenvalue weighted by Gasteiger charge is -2.40. The Morgan fingerprint density at radius 3 is 2.64 bits per heavy atom. The van der Waals surface area contributed by atoms with Crippen molar-refractivity contribution in [1.29, 1.82) is 5.26 Å². The number of amides is 1. The molecule has 0 unspecified atom stereocenters. The molecule has 0 saturated carbocycles. The molecule has 174 valence electrons. The number of nitrogens with zero attached hydrogens (tertiary/aromatic N) is 5. The summed E-state index contributed by atoms with van der Waals surface area (Å²) in [5.74, 6) is 0.879. The molecule has 9 heteroatoms. The predicted octanol–water partition coefficient (Wildman–Crippen LogP) is 2.76. The van der Waals surface area contributed by atoms with Gasteiger partial charge >= 0.3 is 0 Å². The van der Waals surface area contributed by atoms with Crippen LogP contribution < -0.4 is 10.1 Å². The summed E-state index contributed by atoms with van der Waals surface area (Å²) in [4.78, 5) is 25.2. The fourth-order valence-electron chi connectivity index (χ4n) is 4.39. The van der Waals surface area contributed by atoms with E-state index in [-0.39, 0.29) is 18.9 Å². The second-order valence-electron chi connectivity index (χ2n) is 8.65. The molecule has 0 aromatic carbocycles. The summed E-state index contributed by atoms with van der Waals surface area (Å²) in [6.07, 6.45) is 4.84. The zero-order chi connectivity index (χ0) is 23.3. The van der Waals surface area contributed by atoms with Gasteiger partial charge in [-0.05, 0) is 23.8 Å². The van der Waals surface area contributed by atoms with Crippen LogP contribution in [0.25, 0.3) is 0 Å². The Labute approximate surface area is 193 Å². The number of carbonyl (C=O) groups is 1. The van der Waals surface area contributed by atoms with Gasteiger partial charge in [0.05, 0.1) is 5.56 Å². The molecule has 2 aromatic heterocycles. The molecule has 0 radical (unpaired) electrons. The molecule has 0 spiro atoms. The molecule has 4 heterocycles. The SMILES string of the molecule is CNc1cc(CN2CCC(F)(C(=O)N3CCC(Oc4ccc(C#N)cn4)CC3)CC2)ccn1. The zero-order valence-corrected chi connectivity index (χ0v) is 18.8. The van der Waals surface area contributed by atoms with Crippen molar-refractivity contribution in [2.75, 3.05) is 38.5 Å². The monoisotopic (exact) mass is 452 g/mol. The highest BCUT2D eigenvalue weighted by atomic mass is 19.1. The van der Waals surface area contributed by atoms with Gasteiger partial charge in [-0.3, -0.25) is 9.69 Å². The summed E-state index contributed by atoms with van der Waals surface area (Å²) >= 11 is 0. The van der Waals surface area contributed by atoms with E-state index in [4.69, 9.17) is 10.00 Å². The summed E-state index contributed by atoms with van der Waals surface area (Å²) in [6, 6.07) is 9.31. The third kappa shape index (κ3) is 5.57. The van der Waals surface area contributed by atoms with E-state index >= 15 is 4.39 Å². The molecule has 8 nitrogen and oxygen atoms in total. The maximum absolute atomic E-state index is 15.6. The number of halogens is 1. The van der Waals surface area contributed by atoms with Crippen LogP contribution in [0, 0.1) is 11.3 Å². The highest BCUT2D eigenvalue weighted by Crippen LogP contribution is 2.31. The summed E-state index contributed by atoms with van der Waals surface area (Å²) in [7, 11) is 1.83. The summed E-state index contributed by atoms with van der Waals surface area (Å²) in [5, 5.41) is 11.9. The lowest BCUT2D eigenvalue weighted by Crippen LogP contribution is -2.54. The summed E-state index contributed by atoms with van der Waals surface area (Å²) in [5.41, 5.74) is -0.204. The van der Waals surface area contributed by atoms with Crippen molar-refractivity contribution in [2.45, 2.75) is 44.0 Å². The van der Waals surface area contributed by atoms with Crippen LogP contribution in [0.3, 0.4) is 0 Å². The molecule has 33 heavy (non-hydrogen) atoms. The number of alkyl halides is 1. The maximum Gasteiger partial charge on any atom is 0.260 e. The number of pyridine rings is 2. The Hall–Kier alpha value is -3.25. The average molecular weight is 453 g/mol. The Bertz CT molecular complexity index is 993. The van der Waals surface area contributed by atoms with Crippen molar-refractivity contribution < 1.29 is 13.9 Å². The van der Waals surface area contributed by atoms with Crippen molar-refractivity contribution in [2.24, 2.45) is 0 Å². The first-order valence-corrected chi connectivity index (χ1v) is 11.4. The summed E-state index contributed by atoms with van der Waals surface area (Å²) in [6.45, 7) is 2.75. The van der Waals surface area contributed by atoms with E-state index < -0.39 is 11.6 Å². The van der Waals surface area contributed by atoms with E-state index in [1.807, 2.05) is 25.2 Å². The fourth-order valence-corrected chi connectivity index (χ4v) is 4.39. The van der Waals surface area contributed by atoms with Gasteiger partial charge in [0.25, 0.3) is 5.91 Å². The number of nitrogens with one attached hydrogen (secondary N) is 1. The molecule has 2 fully saturated rings. The topological polar surface area (TPSA) is 94.4 Å². The van der Waals surface area contributed by atoms with Gasteiger partial charge in [0, 0.05) is 83.9 Å². The molecular weight excluding hydrogens is 423 g/mol. The lowest BCUT2D eigenvalue weighted by molar-refractivity contribution is -0.149. The Balaban J connectivity index is 1.25. The van der Waals surface area contributed by atoms with E-state index in [9.17, 15) is 4.79 Å². The first-order valence-electron chi connectivity index (χ1n) is 11.4. The first-order chi connectivity index (χ1) is 16.0. The standard InChI is InChI=1S/C24H29FN6O2/c1-27-21-14-18(4-9-28-21)17-30-12-7-24(25,8-13-30)23(32)31-10-5-20(6-11-31)33-22-3-2-19(15-26)16-29-22/h2-4,9,14,16,20H,5-8,10-13,17H2,1H3,(H,27,28). The molecule has 0 bridgehead atoms. The molecule has 0 aliphatic carbocycles. The number of anilines is 1. The van der Waals surface area contributed by atoms with E-state index in [1.165, 1.54) is 6.20 Å². The number of likely N-dealkylation sites (tertiary alicyclic amines) is 2. The molecule has 4 rings (SSSR count). The normalized spacial score (nSPS) is 19.0. The minimum atomic E-state index is -1.80. The van der Waals surface area contributed by atoms with Gasteiger partial charge in [0.15, 0.2) is 5.67 Å². The van der Waals surface area contributed by atoms with Gasteiger partial charge in [-0.2, -0.15) is 5.26 Å². The van der Waals surface area contributed by atoms with E-state index in [0.29, 0.717) is 57.0 Å². The number of nitriles is 1. The first kappa shape index (κ1) is 22.9. The largest absolute Gasteiger partial charge is 0.474 e. The third-order valence-electron chi connectivity index (χ3n) is 6.40. The van der Waals surface area contributed by atoms with Gasteiger partial charge in [-0.1, -0.05) is 0 Å². The number of ether oxygens (including phenoxy) is 1. The predicted molar refractivity (Wildman–Crippen MR) is 121 cm³/mol. The Morgan fingerprint density at radius 2 is 2.00 bits per heavy atom. The molecule has 2 aromatic rings. The number of piperidine rings is 2. The quantitative estimate of drug-likeness (QED) is 0.720. The van der Waals surface area contributed by atoms with E-state index in [2.05, 4.69) is 20.2 Å². The smallest absolute Gasteiger partial charge is 0.260 e. The van der Waals surface area contributed by atoms with E-state index in [0.717, 1.165) is 11.4 Å². The van der Waals surface area contributed by atoms with Crippen LogP contribution >= 0.6 is 0 Å². The Kier molecular flexibility index (Phi) is 7.04. The van der Waals surface area contributed by atoms with Gasteiger partial charge < -0.3 is 15.0 Å².